The molecule has 1 unspecified atom stereocenters. The summed E-state index contributed by atoms with van der Waals surface area (Å²) in [5.41, 5.74) is 5.76. The zero-order valence-corrected chi connectivity index (χ0v) is 13.2. The molecular formula is C17H18ClN3. The maximum atomic E-state index is 6.33. The minimum Gasteiger partial charge on any atom is -0.322 e. The maximum absolute atomic E-state index is 6.33. The third-order valence-electron chi connectivity index (χ3n) is 3.75. The fourth-order valence-electron chi connectivity index (χ4n) is 2.58. The highest BCUT2D eigenvalue weighted by Gasteiger charge is 2.15. The molecule has 0 saturated carbocycles. The summed E-state index contributed by atoms with van der Waals surface area (Å²) in [5.74, 6) is 0.911. The number of fused-ring (bicyclic) bond motifs is 1. The van der Waals surface area contributed by atoms with Gasteiger partial charge in [0.05, 0.1) is 16.4 Å². The topological polar surface area (TPSA) is 30.7 Å². The third kappa shape index (κ3) is 2.66. The number of hydrogen-bond acceptors (Lipinski definition) is 2. The predicted octanol–water partition coefficient (Wildman–Crippen LogP) is 4.40. The lowest BCUT2D eigenvalue weighted by atomic mass is 10.1. The second-order valence-electron chi connectivity index (χ2n) is 5.47. The van der Waals surface area contributed by atoms with E-state index in [1.54, 1.807) is 0 Å². The van der Waals surface area contributed by atoms with E-state index in [2.05, 4.69) is 47.7 Å². The number of nitrogens with zero attached hydrogens (tertiary/aromatic N) is 3. The van der Waals surface area contributed by atoms with Crippen LogP contribution in [0.2, 0.25) is 0 Å². The molecule has 0 amide bonds. The highest BCUT2D eigenvalue weighted by molar-refractivity contribution is 6.20. The summed E-state index contributed by atoms with van der Waals surface area (Å²) >= 11 is 6.33. The molecule has 0 bridgehead atoms. The summed E-state index contributed by atoms with van der Waals surface area (Å²) in [5, 5.41) is -0.125. The van der Waals surface area contributed by atoms with Crippen molar-refractivity contribution in [3.05, 3.63) is 59.2 Å². The van der Waals surface area contributed by atoms with Crippen LogP contribution >= 0.6 is 11.6 Å². The highest BCUT2D eigenvalue weighted by atomic mass is 35.5. The molecular weight excluding hydrogens is 282 g/mol. The van der Waals surface area contributed by atoms with E-state index in [9.17, 15) is 0 Å². The van der Waals surface area contributed by atoms with Crippen LogP contribution in [-0.2, 0) is 6.54 Å². The van der Waals surface area contributed by atoms with Crippen LogP contribution in [0.5, 0.6) is 0 Å². The molecule has 1 atom stereocenters. The van der Waals surface area contributed by atoms with Gasteiger partial charge in [0.2, 0.25) is 0 Å². The summed E-state index contributed by atoms with van der Waals surface area (Å²) in [6.45, 7) is 6.89. The quantitative estimate of drug-likeness (QED) is 0.671. The summed E-state index contributed by atoms with van der Waals surface area (Å²) in [7, 11) is 0. The number of halogens is 1. The molecule has 0 N–H and O–H groups in total. The Labute approximate surface area is 129 Å². The van der Waals surface area contributed by atoms with Gasteiger partial charge in [-0.25, -0.2) is 4.98 Å². The van der Waals surface area contributed by atoms with E-state index < -0.39 is 0 Å². The van der Waals surface area contributed by atoms with Gasteiger partial charge in [0.1, 0.15) is 5.82 Å². The van der Waals surface area contributed by atoms with Gasteiger partial charge in [-0.05, 0) is 55.7 Å². The lowest BCUT2D eigenvalue weighted by Gasteiger charge is -2.12. The van der Waals surface area contributed by atoms with Crippen LogP contribution in [0, 0.1) is 13.8 Å². The number of aryl methyl sites for hydroxylation is 2. The van der Waals surface area contributed by atoms with Crippen molar-refractivity contribution in [1.82, 2.24) is 14.5 Å². The lowest BCUT2D eigenvalue weighted by Crippen LogP contribution is -2.07. The van der Waals surface area contributed by atoms with Crippen LogP contribution in [-0.4, -0.2) is 14.5 Å². The average molecular weight is 300 g/mol. The summed E-state index contributed by atoms with van der Waals surface area (Å²) < 4.78 is 2.20. The van der Waals surface area contributed by atoms with E-state index in [4.69, 9.17) is 16.6 Å². The van der Waals surface area contributed by atoms with Crippen molar-refractivity contribution in [2.45, 2.75) is 32.7 Å². The molecule has 1 aromatic carbocycles. The van der Waals surface area contributed by atoms with Gasteiger partial charge in [-0.3, -0.25) is 4.98 Å². The van der Waals surface area contributed by atoms with Gasteiger partial charge in [0, 0.05) is 18.9 Å². The normalized spacial score (nSPS) is 12.8. The molecule has 3 rings (SSSR count). The second kappa shape index (κ2) is 5.49. The number of benzene rings is 1. The molecule has 0 aliphatic carbocycles. The Kier molecular flexibility index (Phi) is 3.68. The van der Waals surface area contributed by atoms with Crippen LogP contribution in [0.25, 0.3) is 11.0 Å². The Bertz CT molecular complexity index is 790. The zero-order valence-electron chi connectivity index (χ0n) is 12.5. The minimum absolute atomic E-state index is 0.125. The maximum Gasteiger partial charge on any atom is 0.128 e. The molecule has 0 spiro atoms. The van der Waals surface area contributed by atoms with E-state index in [-0.39, 0.29) is 5.38 Å². The Morgan fingerprint density at radius 2 is 2.05 bits per heavy atom. The van der Waals surface area contributed by atoms with Gasteiger partial charge >= 0.3 is 0 Å². The van der Waals surface area contributed by atoms with Crippen molar-refractivity contribution in [2.75, 3.05) is 0 Å². The molecule has 0 fully saturated rings. The van der Waals surface area contributed by atoms with Gasteiger partial charge in [0.25, 0.3) is 0 Å². The number of pyridine rings is 1. The first-order chi connectivity index (χ1) is 10.1. The summed E-state index contributed by atoms with van der Waals surface area (Å²) in [6, 6.07) is 8.39. The largest absolute Gasteiger partial charge is 0.322 e. The van der Waals surface area contributed by atoms with E-state index in [1.807, 2.05) is 19.3 Å². The number of rotatable bonds is 3. The molecule has 21 heavy (non-hydrogen) atoms. The van der Waals surface area contributed by atoms with Crippen LogP contribution < -0.4 is 0 Å². The second-order valence-corrected chi connectivity index (χ2v) is 6.12. The van der Waals surface area contributed by atoms with E-state index in [0.717, 1.165) is 23.4 Å². The van der Waals surface area contributed by atoms with Crippen molar-refractivity contribution in [1.29, 1.82) is 0 Å². The Hall–Kier alpha value is -1.87. The number of imidazole rings is 1. The van der Waals surface area contributed by atoms with Crippen molar-refractivity contribution in [2.24, 2.45) is 0 Å². The SMILES string of the molecule is Cc1ccc2c(c1)nc(C(C)Cl)n2Cc1ccncc1C. The van der Waals surface area contributed by atoms with Crippen molar-refractivity contribution in [3.63, 3.8) is 0 Å². The Balaban J connectivity index is 2.16. The van der Waals surface area contributed by atoms with Gasteiger partial charge in [-0.15, -0.1) is 11.6 Å². The first kappa shape index (κ1) is 14.1. The van der Waals surface area contributed by atoms with Gasteiger partial charge in [-0.1, -0.05) is 6.07 Å². The summed E-state index contributed by atoms with van der Waals surface area (Å²) in [6.07, 6.45) is 3.72. The molecule has 3 aromatic rings. The van der Waals surface area contributed by atoms with Crippen LogP contribution in [0.1, 0.15) is 34.8 Å². The van der Waals surface area contributed by atoms with E-state index in [1.165, 1.54) is 16.7 Å². The lowest BCUT2D eigenvalue weighted by molar-refractivity contribution is 0.738. The monoisotopic (exact) mass is 299 g/mol. The van der Waals surface area contributed by atoms with E-state index >= 15 is 0 Å². The molecule has 108 valence electrons. The van der Waals surface area contributed by atoms with Crippen molar-refractivity contribution < 1.29 is 0 Å². The smallest absolute Gasteiger partial charge is 0.128 e. The molecule has 0 radical (unpaired) electrons. The van der Waals surface area contributed by atoms with Gasteiger partial charge in [0.15, 0.2) is 0 Å². The molecule has 2 heterocycles. The van der Waals surface area contributed by atoms with Crippen LogP contribution in [0.15, 0.2) is 36.7 Å². The fourth-order valence-corrected chi connectivity index (χ4v) is 2.74. The number of aromatic nitrogens is 3. The number of hydrogen-bond donors (Lipinski definition) is 0. The molecule has 0 saturated heterocycles. The zero-order chi connectivity index (χ0) is 15.0. The predicted molar refractivity (Wildman–Crippen MR) is 86.8 cm³/mol. The first-order valence-electron chi connectivity index (χ1n) is 7.06. The van der Waals surface area contributed by atoms with Crippen molar-refractivity contribution >= 4 is 22.6 Å². The summed E-state index contributed by atoms with van der Waals surface area (Å²) in [4.78, 5) is 8.87. The first-order valence-corrected chi connectivity index (χ1v) is 7.50. The van der Waals surface area contributed by atoms with Crippen LogP contribution in [0.4, 0.5) is 0 Å². The van der Waals surface area contributed by atoms with Gasteiger partial charge in [-0.2, -0.15) is 0 Å². The standard InChI is InChI=1S/C17H18ClN3/c1-11-4-5-16-15(8-11)20-17(13(3)18)21(16)10-14-6-7-19-9-12(14)2/h4-9,13H,10H2,1-3H3. The number of alkyl halides is 1. The van der Waals surface area contributed by atoms with E-state index in [0.29, 0.717) is 0 Å². The molecule has 2 aromatic heterocycles. The van der Waals surface area contributed by atoms with Crippen LogP contribution in [0.3, 0.4) is 0 Å². The molecule has 0 aliphatic rings. The Morgan fingerprint density at radius 1 is 1.24 bits per heavy atom. The third-order valence-corrected chi connectivity index (χ3v) is 3.95. The van der Waals surface area contributed by atoms with Gasteiger partial charge < -0.3 is 4.57 Å². The fraction of sp³-hybridized carbons (Fsp3) is 0.294. The average Bonchev–Trinajstić information content (AvgIpc) is 2.79. The van der Waals surface area contributed by atoms with Crippen molar-refractivity contribution in [3.8, 4) is 0 Å². The molecule has 3 nitrogen and oxygen atoms in total. The minimum atomic E-state index is -0.125. The highest BCUT2D eigenvalue weighted by Crippen LogP contribution is 2.26. The molecule has 0 aliphatic heterocycles. The Morgan fingerprint density at radius 3 is 2.76 bits per heavy atom. The molecule has 4 heteroatoms.